The summed E-state index contributed by atoms with van der Waals surface area (Å²) >= 11 is 0. The van der Waals surface area contributed by atoms with Gasteiger partial charge in [-0.25, -0.2) is 0 Å². The maximum Gasteiger partial charge on any atom is 0.272 e. The van der Waals surface area contributed by atoms with Crippen LogP contribution in [0.3, 0.4) is 0 Å². The fraction of sp³-hybridized carbons (Fsp3) is 0.571. The standard InChI is InChI=1S/C14H22N4O2/c1-17(2)14(19)13-8-11(4-5-15-13)16-9-12-10-18(3)6-7-20-12/h4-5,8,12H,6-7,9-10H2,1-3H3,(H,15,16). The number of rotatable bonds is 4. The number of ether oxygens (including phenoxy) is 1. The molecular weight excluding hydrogens is 256 g/mol. The number of carbonyl (C=O) groups is 1. The molecule has 1 fully saturated rings. The van der Waals surface area contributed by atoms with Crippen LogP contribution in [-0.4, -0.2) is 74.2 Å². The predicted molar refractivity (Wildman–Crippen MR) is 78.0 cm³/mol. The Balaban J connectivity index is 1.93. The van der Waals surface area contributed by atoms with E-state index in [-0.39, 0.29) is 12.0 Å². The second kappa shape index (κ2) is 6.67. The number of hydrogen-bond donors (Lipinski definition) is 1. The number of pyridine rings is 1. The van der Waals surface area contributed by atoms with Crippen molar-refractivity contribution < 1.29 is 9.53 Å². The minimum Gasteiger partial charge on any atom is -0.382 e. The molecule has 110 valence electrons. The zero-order valence-electron chi connectivity index (χ0n) is 12.3. The van der Waals surface area contributed by atoms with Crippen LogP contribution < -0.4 is 5.32 Å². The monoisotopic (exact) mass is 278 g/mol. The Kier molecular flexibility index (Phi) is 4.92. The second-order valence-electron chi connectivity index (χ2n) is 5.27. The van der Waals surface area contributed by atoms with Gasteiger partial charge in [0, 0.05) is 45.6 Å². The van der Waals surface area contributed by atoms with Gasteiger partial charge in [-0.3, -0.25) is 9.78 Å². The Morgan fingerprint density at radius 1 is 1.60 bits per heavy atom. The molecule has 0 saturated carbocycles. The smallest absolute Gasteiger partial charge is 0.272 e. The second-order valence-corrected chi connectivity index (χ2v) is 5.27. The number of likely N-dealkylation sites (N-methyl/N-ethyl adjacent to an activating group) is 1. The van der Waals surface area contributed by atoms with Gasteiger partial charge in [0.25, 0.3) is 5.91 Å². The molecule has 6 nitrogen and oxygen atoms in total. The van der Waals surface area contributed by atoms with E-state index in [1.54, 1.807) is 26.4 Å². The number of nitrogens with zero attached hydrogens (tertiary/aromatic N) is 3. The van der Waals surface area contributed by atoms with Gasteiger partial charge in [0.15, 0.2) is 0 Å². The molecule has 0 bridgehead atoms. The number of anilines is 1. The third-order valence-corrected chi connectivity index (χ3v) is 3.26. The topological polar surface area (TPSA) is 57.7 Å². The van der Waals surface area contributed by atoms with E-state index in [9.17, 15) is 4.79 Å². The summed E-state index contributed by atoms with van der Waals surface area (Å²) in [6.45, 7) is 3.39. The maximum absolute atomic E-state index is 11.8. The molecule has 1 aromatic rings. The van der Waals surface area contributed by atoms with Crippen molar-refractivity contribution in [2.75, 3.05) is 52.7 Å². The lowest BCUT2D eigenvalue weighted by atomic mass is 10.2. The normalized spacial score (nSPS) is 19.6. The first-order valence-electron chi connectivity index (χ1n) is 6.78. The molecule has 0 aliphatic carbocycles. The molecule has 0 aromatic carbocycles. The van der Waals surface area contributed by atoms with Crippen molar-refractivity contribution in [1.82, 2.24) is 14.8 Å². The van der Waals surface area contributed by atoms with E-state index in [4.69, 9.17) is 4.74 Å². The average molecular weight is 278 g/mol. The number of carbonyl (C=O) groups excluding carboxylic acids is 1. The highest BCUT2D eigenvalue weighted by Gasteiger charge is 2.17. The van der Waals surface area contributed by atoms with E-state index in [2.05, 4.69) is 22.2 Å². The van der Waals surface area contributed by atoms with Crippen LogP contribution >= 0.6 is 0 Å². The Morgan fingerprint density at radius 2 is 2.40 bits per heavy atom. The van der Waals surface area contributed by atoms with E-state index < -0.39 is 0 Å². The fourth-order valence-electron chi connectivity index (χ4n) is 2.11. The first kappa shape index (κ1) is 14.7. The van der Waals surface area contributed by atoms with Crippen molar-refractivity contribution >= 4 is 11.6 Å². The highest BCUT2D eigenvalue weighted by Crippen LogP contribution is 2.11. The van der Waals surface area contributed by atoms with Gasteiger partial charge in [-0.15, -0.1) is 0 Å². The van der Waals surface area contributed by atoms with Crippen LogP contribution in [0.15, 0.2) is 18.3 Å². The molecule has 1 atom stereocenters. The van der Waals surface area contributed by atoms with Crippen LogP contribution in [0.1, 0.15) is 10.5 Å². The summed E-state index contributed by atoms with van der Waals surface area (Å²) in [5.74, 6) is -0.0951. The van der Waals surface area contributed by atoms with Crippen molar-refractivity contribution in [1.29, 1.82) is 0 Å². The molecule has 0 spiro atoms. The van der Waals surface area contributed by atoms with Crippen LogP contribution in [0.2, 0.25) is 0 Å². The van der Waals surface area contributed by atoms with E-state index >= 15 is 0 Å². The molecule has 1 unspecified atom stereocenters. The van der Waals surface area contributed by atoms with Gasteiger partial charge in [-0.1, -0.05) is 0 Å². The lowest BCUT2D eigenvalue weighted by Gasteiger charge is -2.30. The lowest BCUT2D eigenvalue weighted by Crippen LogP contribution is -2.43. The van der Waals surface area contributed by atoms with Crippen LogP contribution in [0.4, 0.5) is 5.69 Å². The first-order valence-corrected chi connectivity index (χ1v) is 6.78. The Hall–Kier alpha value is -1.66. The van der Waals surface area contributed by atoms with E-state index in [0.717, 1.165) is 31.9 Å². The third-order valence-electron chi connectivity index (χ3n) is 3.26. The minimum absolute atomic E-state index is 0.0951. The Labute approximate surface area is 119 Å². The van der Waals surface area contributed by atoms with Crippen molar-refractivity contribution in [3.63, 3.8) is 0 Å². The average Bonchev–Trinajstić information content (AvgIpc) is 2.44. The summed E-state index contributed by atoms with van der Waals surface area (Å²) in [6.07, 6.45) is 1.82. The predicted octanol–water partition coefficient (Wildman–Crippen LogP) is 0.526. The van der Waals surface area contributed by atoms with Crippen LogP contribution in [0, 0.1) is 0 Å². The first-order chi connectivity index (χ1) is 9.56. The van der Waals surface area contributed by atoms with Gasteiger partial charge >= 0.3 is 0 Å². The molecule has 2 heterocycles. The molecule has 0 radical (unpaired) electrons. The molecule has 6 heteroatoms. The maximum atomic E-state index is 11.8. The zero-order valence-corrected chi connectivity index (χ0v) is 12.3. The summed E-state index contributed by atoms with van der Waals surface area (Å²) in [6, 6.07) is 3.63. The van der Waals surface area contributed by atoms with E-state index in [0.29, 0.717) is 5.69 Å². The van der Waals surface area contributed by atoms with Crippen LogP contribution in [0.25, 0.3) is 0 Å². The molecular formula is C14H22N4O2. The number of amides is 1. The highest BCUT2D eigenvalue weighted by atomic mass is 16.5. The van der Waals surface area contributed by atoms with Gasteiger partial charge in [0.05, 0.1) is 12.7 Å². The largest absolute Gasteiger partial charge is 0.382 e. The van der Waals surface area contributed by atoms with Crippen molar-refractivity contribution in [3.05, 3.63) is 24.0 Å². The fourth-order valence-corrected chi connectivity index (χ4v) is 2.11. The van der Waals surface area contributed by atoms with Crippen LogP contribution in [-0.2, 0) is 4.74 Å². The van der Waals surface area contributed by atoms with Gasteiger partial charge in [-0.2, -0.15) is 0 Å². The van der Waals surface area contributed by atoms with E-state index in [1.807, 2.05) is 6.07 Å². The summed E-state index contributed by atoms with van der Waals surface area (Å²) in [4.78, 5) is 19.7. The van der Waals surface area contributed by atoms with Crippen molar-refractivity contribution in [2.24, 2.45) is 0 Å². The number of morpholine rings is 1. The quantitative estimate of drug-likeness (QED) is 0.870. The van der Waals surface area contributed by atoms with Crippen molar-refractivity contribution in [3.8, 4) is 0 Å². The Bertz CT molecular complexity index is 464. The summed E-state index contributed by atoms with van der Waals surface area (Å²) in [5, 5.41) is 3.31. The van der Waals surface area contributed by atoms with Gasteiger partial charge in [0.1, 0.15) is 5.69 Å². The zero-order chi connectivity index (χ0) is 14.5. The minimum atomic E-state index is -0.0951. The molecule has 1 saturated heterocycles. The molecule has 1 aromatic heterocycles. The summed E-state index contributed by atoms with van der Waals surface area (Å²) in [5.41, 5.74) is 1.34. The van der Waals surface area contributed by atoms with Gasteiger partial charge in [0.2, 0.25) is 0 Å². The lowest BCUT2D eigenvalue weighted by molar-refractivity contribution is -0.0117. The molecule has 1 aliphatic heterocycles. The van der Waals surface area contributed by atoms with Gasteiger partial charge < -0.3 is 19.9 Å². The SMILES string of the molecule is CN1CCOC(CNc2ccnc(C(=O)N(C)C)c2)C1. The van der Waals surface area contributed by atoms with Crippen molar-refractivity contribution in [2.45, 2.75) is 6.10 Å². The number of aromatic nitrogens is 1. The van der Waals surface area contributed by atoms with Gasteiger partial charge in [-0.05, 0) is 19.2 Å². The Morgan fingerprint density at radius 3 is 3.10 bits per heavy atom. The highest BCUT2D eigenvalue weighted by molar-refractivity contribution is 5.92. The summed E-state index contributed by atoms with van der Waals surface area (Å²) < 4.78 is 5.69. The molecule has 2 rings (SSSR count). The van der Waals surface area contributed by atoms with E-state index in [1.165, 1.54) is 4.90 Å². The van der Waals surface area contributed by atoms with Crippen LogP contribution in [0.5, 0.6) is 0 Å². The third kappa shape index (κ3) is 3.91. The molecule has 1 amide bonds. The summed E-state index contributed by atoms with van der Waals surface area (Å²) in [7, 11) is 5.53. The molecule has 1 aliphatic rings. The number of nitrogens with one attached hydrogen (secondary N) is 1. The molecule has 1 N–H and O–H groups in total. The number of hydrogen-bond acceptors (Lipinski definition) is 5. The molecule has 20 heavy (non-hydrogen) atoms.